The van der Waals surface area contributed by atoms with Crippen molar-refractivity contribution in [3.63, 3.8) is 0 Å². The number of carbonyl (C=O) groups excluding carboxylic acids is 1. The van der Waals surface area contributed by atoms with Crippen LogP contribution in [0.4, 0.5) is 4.39 Å². The molecule has 0 heterocycles. The van der Waals surface area contributed by atoms with Crippen LogP contribution in [0.3, 0.4) is 0 Å². The maximum absolute atomic E-state index is 13.3. The number of hydrogen-bond acceptors (Lipinski definition) is 3. The molecule has 17 heavy (non-hydrogen) atoms. The molecule has 0 spiro atoms. The summed E-state index contributed by atoms with van der Waals surface area (Å²) in [4.78, 5) is 11.4. The molecule has 0 saturated heterocycles. The number of rotatable bonds is 5. The normalized spacial score (nSPS) is 12.0. The fraction of sp³-hybridized carbons (Fsp3) is 0.417. The van der Waals surface area contributed by atoms with Crippen LogP contribution in [0.5, 0.6) is 5.75 Å². The first-order valence-electron chi connectivity index (χ1n) is 5.30. The van der Waals surface area contributed by atoms with Gasteiger partial charge in [-0.25, -0.2) is 4.39 Å². The summed E-state index contributed by atoms with van der Waals surface area (Å²) in [6.45, 7) is 1.77. The monoisotopic (exact) mass is 241 g/mol. The van der Waals surface area contributed by atoms with E-state index in [2.05, 4.69) is 5.32 Å². The Morgan fingerprint density at radius 1 is 1.59 bits per heavy atom. The molecule has 1 amide bonds. The van der Waals surface area contributed by atoms with Gasteiger partial charge in [-0.05, 0) is 24.6 Å². The van der Waals surface area contributed by atoms with Crippen LogP contribution in [-0.4, -0.2) is 30.8 Å². The maximum Gasteiger partial charge on any atom is 0.224 e. The third-order valence-electron chi connectivity index (χ3n) is 2.18. The topological polar surface area (TPSA) is 58.6 Å². The van der Waals surface area contributed by atoms with Crippen molar-refractivity contribution in [3.8, 4) is 5.75 Å². The second-order valence-electron chi connectivity index (χ2n) is 3.80. The largest absolute Gasteiger partial charge is 0.494 e. The molecule has 5 heteroatoms. The number of ether oxygens (including phenoxy) is 1. The van der Waals surface area contributed by atoms with Crippen LogP contribution in [-0.2, 0) is 11.2 Å². The summed E-state index contributed by atoms with van der Waals surface area (Å²) in [5, 5.41) is 11.5. The SMILES string of the molecule is COc1ccc(CC(=O)NC[C@H](C)O)cc1F. The molecule has 1 aromatic rings. The molecule has 1 aromatic carbocycles. The zero-order valence-corrected chi connectivity index (χ0v) is 9.87. The Hall–Kier alpha value is -1.62. The second-order valence-corrected chi connectivity index (χ2v) is 3.80. The summed E-state index contributed by atoms with van der Waals surface area (Å²) in [6, 6.07) is 4.37. The first kappa shape index (κ1) is 13.4. The minimum Gasteiger partial charge on any atom is -0.494 e. The van der Waals surface area contributed by atoms with E-state index in [0.29, 0.717) is 5.56 Å². The predicted molar refractivity (Wildman–Crippen MR) is 61.3 cm³/mol. The number of methoxy groups -OCH3 is 1. The van der Waals surface area contributed by atoms with Gasteiger partial charge in [0.05, 0.1) is 19.6 Å². The zero-order chi connectivity index (χ0) is 12.8. The van der Waals surface area contributed by atoms with Gasteiger partial charge in [-0.1, -0.05) is 6.07 Å². The van der Waals surface area contributed by atoms with Gasteiger partial charge in [0.25, 0.3) is 0 Å². The lowest BCUT2D eigenvalue weighted by Gasteiger charge is -2.08. The highest BCUT2D eigenvalue weighted by Crippen LogP contribution is 2.17. The molecule has 0 radical (unpaired) electrons. The first-order chi connectivity index (χ1) is 8.02. The van der Waals surface area contributed by atoms with E-state index in [-0.39, 0.29) is 24.6 Å². The average Bonchev–Trinajstić information content (AvgIpc) is 2.26. The molecular formula is C12H16FNO3. The van der Waals surface area contributed by atoms with E-state index in [4.69, 9.17) is 9.84 Å². The number of halogens is 1. The van der Waals surface area contributed by atoms with Gasteiger partial charge in [0.1, 0.15) is 0 Å². The zero-order valence-electron chi connectivity index (χ0n) is 9.87. The summed E-state index contributed by atoms with van der Waals surface area (Å²) in [5.74, 6) is -0.595. The molecule has 0 aromatic heterocycles. The number of benzene rings is 1. The van der Waals surface area contributed by atoms with Crippen molar-refractivity contribution in [2.45, 2.75) is 19.4 Å². The molecule has 0 saturated carbocycles. The van der Waals surface area contributed by atoms with Gasteiger partial charge < -0.3 is 15.2 Å². The number of nitrogens with one attached hydrogen (secondary N) is 1. The Balaban J connectivity index is 2.57. The van der Waals surface area contributed by atoms with Gasteiger partial charge in [-0.15, -0.1) is 0 Å². The molecular weight excluding hydrogens is 225 g/mol. The van der Waals surface area contributed by atoms with E-state index in [1.165, 1.54) is 19.2 Å². The highest BCUT2D eigenvalue weighted by molar-refractivity contribution is 5.78. The van der Waals surface area contributed by atoms with E-state index in [1.807, 2.05) is 0 Å². The minimum absolute atomic E-state index is 0.0770. The highest BCUT2D eigenvalue weighted by Gasteiger charge is 2.08. The van der Waals surface area contributed by atoms with Crippen molar-refractivity contribution in [1.29, 1.82) is 0 Å². The van der Waals surface area contributed by atoms with Crippen LogP contribution in [0, 0.1) is 5.82 Å². The molecule has 0 fully saturated rings. The maximum atomic E-state index is 13.3. The number of aliphatic hydroxyl groups is 1. The smallest absolute Gasteiger partial charge is 0.224 e. The summed E-state index contributed by atoms with van der Waals surface area (Å²) in [7, 11) is 1.38. The van der Waals surface area contributed by atoms with Crippen LogP contribution in [0.25, 0.3) is 0 Å². The summed E-state index contributed by atoms with van der Waals surface area (Å²) in [5.41, 5.74) is 0.561. The van der Waals surface area contributed by atoms with E-state index >= 15 is 0 Å². The van der Waals surface area contributed by atoms with Crippen LogP contribution < -0.4 is 10.1 Å². The molecule has 94 valence electrons. The van der Waals surface area contributed by atoms with Crippen LogP contribution in [0.15, 0.2) is 18.2 Å². The van der Waals surface area contributed by atoms with E-state index < -0.39 is 11.9 Å². The van der Waals surface area contributed by atoms with Gasteiger partial charge in [-0.3, -0.25) is 4.79 Å². The van der Waals surface area contributed by atoms with E-state index in [1.54, 1.807) is 13.0 Å². The fourth-order valence-corrected chi connectivity index (χ4v) is 1.33. The molecule has 0 aliphatic heterocycles. The standard InChI is InChI=1S/C12H16FNO3/c1-8(15)7-14-12(16)6-9-3-4-11(17-2)10(13)5-9/h3-5,8,15H,6-7H2,1-2H3,(H,14,16)/t8-/m0/s1. The third kappa shape index (κ3) is 4.40. The minimum atomic E-state index is -0.591. The molecule has 0 aliphatic rings. The predicted octanol–water partition coefficient (Wildman–Crippen LogP) is 0.874. The Labute approximate surface area is 99.4 Å². The van der Waals surface area contributed by atoms with Crippen LogP contribution in [0.1, 0.15) is 12.5 Å². The van der Waals surface area contributed by atoms with Crippen molar-refractivity contribution in [2.75, 3.05) is 13.7 Å². The fourth-order valence-electron chi connectivity index (χ4n) is 1.33. The molecule has 0 unspecified atom stereocenters. The van der Waals surface area contributed by atoms with Crippen molar-refractivity contribution in [3.05, 3.63) is 29.6 Å². The first-order valence-corrected chi connectivity index (χ1v) is 5.30. The quantitative estimate of drug-likeness (QED) is 0.804. The lowest BCUT2D eigenvalue weighted by atomic mass is 10.1. The highest BCUT2D eigenvalue weighted by atomic mass is 19.1. The van der Waals surface area contributed by atoms with Crippen molar-refractivity contribution in [1.82, 2.24) is 5.32 Å². The Bertz CT molecular complexity index is 393. The molecule has 1 rings (SSSR count). The van der Waals surface area contributed by atoms with Crippen molar-refractivity contribution >= 4 is 5.91 Å². The lowest BCUT2D eigenvalue weighted by Crippen LogP contribution is -2.31. The summed E-state index contributed by atoms with van der Waals surface area (Å²) in [6.07, 6.45) is -0.514. The molecule has 2 N–H and O–H groups in total. The van der Waals surface area contributed by atoms with Gasteiger partial charge in [-0.2, -0.15) is 0 Å². The van der Waals surface area contributed by atoms with Crippen molar-refractivity contribution < 1.29 is 19.0 Å². The molecule has 0 bridgehead atoms. The van der Waals surface area contributed by atoms with Gasteiger partial charge in [0, 0.05) is 6.54 Å². The lowest BCUT2D eigenvalue weighted by molar-refractivity contribution is -0.120. The number of amides is 1. The second kappa shape index (κ2) is 6.20. The average molecular weight is 241 g/mol. The summed E-state index contributed by atoms with van der Waals surface area (Å²) >= 11 is 0. The molecule has 4 nitrogen and oxygen atoms in total. The summed E-state index contributed by atoms with van der Waals surface area (Å²) < 4.78 is 18.1. The van der Waals surface area contributed by atoms with E-state index in [9.17, 15) is 9.18 Å². The Morgan fingerprint density at radius 2 is 2.29 bits per heavy atom. The van der Waals surface area contributed by atoms with Gasteiger partial charge in [0.15, 0.2) is 11.6 Å². The third-order valence-corrected chi connectivity index (χ3v) is 2.18. The number of aliphatic hydroxyl groups excluding tert-OH is 1. The van der Waals surface area contributed by atoms with E-state index in [0.717, 1.165) is 0 Å². The Kier molecular flexibility index (Phi) is 4.90. The van der Waals surface area contributed by atoms with Crippen LogP contribution >= 0.6 is 0 Å². The van der Waals surface area contributed by atoms with Gasteiger partial charge >= 0.3 is 0 Å². The van der Waals surface area contributed by atoms with Crippen LogP contribution in [0.2, 0.25) is 0 Å². The molecule has 1 atom stereocenters. The Morgan fingerprint density at radius 3 is 2.82 bits per heavy atom. The molecule has 0 aliphatic carbocycles. The number of carbonyl (C=O) groups is 1. The van der Waals surface area contributed by atoms with Crippen molar-refractivity contribution in [2.24, 2.45) is 0 Å². The number of hydrogen-bond donors (Lipinski definition) is 2. The van der Waals surface area contributed by atoms with Gasteiger partial charge in [0.2, 0.25) is 5.91 Å².